The van der Waals surface area contributed by atoms with Gasteiger partial charge in [-0.25, -0.2) is 8.78 Å². The summed E-state index contributed by atoms with van der Waals surface area (Å²) in [5, 5.41) is 3.49. The third-order valence-electron chi connectivity index (χ3n) is 3.05. The van der Waals surface area contributed by atoms with Crippen molar-refractivity contribution in [2.75, 3.05) is 11.5 Å². The second kappa shape index (κ2) is 6.36. The zero-order valence-corrected chi connectivity index (χ0v) is 10.5. The lowest BCUT2D eigenvalue weighted by atomic mass is 10.1. The van der Waals surface area contributed by atoms with Crippen LogP contribution in [0.5, 0.6) is 0 Å². The summed E-state index contributed by atoms with van der Waals surface area (Å²) >= 11 is 2.00. The normalized spacial score (nSPS) is 17.6. The zero-order valence-electron chi connectivity index (χ0n) is 9.66. The minimum absolute atomic E-state index is 0.0998. The van der Waals surface area contributed by atoms with Gasteiger partial charge in [-0.2, -0.15) is 11.8 Å². The van der Waals surface area contributed by atoms with Crippen LogP contribution >= 0.6 is 11.8 Å². The molecule has 1 aliphatic heterocycles. The molecule has 2 rings (SSSR count). The molecule has 0 saturated carbocycles. The van der Waals surface area contributed by atoms with E-state index in [0.29, 0.717) is 6.04 Å². The molecule has 0 aromatic heterocycles. The predicted octanol–water partition coefficient (Wildman–Crippen LogP) is 3.61. The highest BCUT2D eigenvalue weighted by Crippen LogP contribution is 2.20. The van der Waals surface area contributed by atoms with Crippen LogP contribution in [0.25, 0.3) is 0 Å². The lowest BCUT2D eigenvalue weighted by Crippen LogP contribution is -2.31. The fourth-order valence-electron chi connectivity index (χ4n) is 1.94. The van der Waals surface area contributed by atoms with Gasteiger partial charge in [-0.1, -0.05) is 24.3 Å². The Labute approximate surface area is 105 Å². The second-order valence-electron chi connectivity index (χ2n) is 4.31. The van der Waals surface area contributed by atoms with E-state index in [1.54, 1.807) is 12.1 Å². The third-order valence-corrected chi connectivity index (χ3v) is 4.10. The van der Waals surface area contributed by atoms with Gasteiger partial charge in [0.15, 0.2) is 0 Å². The third kappa shape index (κ3) is 3.96. The Balaban J connectivity index is 1.82. The Morgan fingerprint density at radius 2 is 1.82 bits per heavy atom. The van der Waals surface area contributed by atoms with E-state index in [2.05, 4.69) is 5.32 Å². The summed E-state index contributed by atoms with van der Waals surface area (Å²) in [4.78, 5) is 0. The predicted molar refractivity (Wildman–Crippen MR) is 68.6 cm³/mol. The average molecular weight is 257 g/mol. The minimum Gasteiger partial charge on any atom is -0.310 e. The Hall–Kier alpha value is -0.610. The number of hydrogen-bond acceptors (Lipinski definition) is 2. The zero-order chi connectivity index (χ0) is 12.1. The summed E-state index contributed by atoms with van der Waals surface area (Å²) < 4.78 is 24.7. The average Bonchev–Trinajstić information content (AvgIpc) is 2.38. The van der Waals surface area contributed by atoms with Crippen molar-refractivity contribution >= 4 is 11.8 Å². The van der Waals surface area contributed by atoms with E-state index in [1.165, 1.54) is 36.5 Å². The topological polar surface area (TPSA) is 12.0 Å². The van der Waals surface area contributed by atoms with E-state index in [9.17, 15) is 8.78 Å². The molecule has 0 atom stereocenters. The summed E-state index contributed by atoms with van der Waals surface area (Å²) in [6.07, 6.45) is 0.0481. The first-order valence-electron chi connectivity index (χ1n) is 5.94. The van der Waals surface area contributed by atoms with Crippen molar-refractivity contribution in [1.82, 2.24) is 5.32 Å². The van der Waals surface area contributed by atoms with Gasteiger partial charge in [0.05, 0.1) is 0 Å². The summed E-state index contributed by atoms with van der Waals surface area (Å²) in [6.45, 7) is 0.777. The number of thioether (sulfide) groups is 1. The van der Waals surface area contributed by atoms with Gasteiger partial charge < -0.3 is 5.32 Å². The van der Waals surface area contributed by atoms with Gasteiger partial charge in [-0.15, -0.1) is 0 Å². The molecule has 0 spiro atoms. The fourth-order valence-corrected chi connectivity index (χ4v) is 3.05. The van der Waals surface area contributed by atoms with E-state index < -0.39 is 6.43 Å². The first kappa shape index (κ1) is 12.8. The molecule has 1 nitrogen and oxygen atoms in total. The van der Waals surface area contributed by atoms with Gasteiger partial charge >= 0.3 is 0 Å². The van der Waals surface area contributed by atoms with Crippen LogP contribution in [-0.4, -0.2) is 17.5 Å². The van der Waals surface area contributed by atoms with E-state index in [0.717, 1.165) is 12.1 Å². The minimum atomic E-state index is -2.37. The lowest BCUT2D eigenvalue weighted by molar-refractivity contribution is 0.151. The van der Waals surface area contributed by atoms with Crippen molar-refractivity contribution < 1.29 is 8.78 Å². The molecule has 94 valence electrons. The Kier molecular flexibility index (Phi) is 4.80. The highest BCUT2D eigenvalue weighted by molar-refractivity contribution is 7.99. The maximum atomic E-state index is 12.4. The number of nitrogens with one attached hydrogen (secondary N) is 1. The molecule has 1 saturated heterocycles. The van der Waals surface area contributed by atoms with Crippen molar-refractivity contribution in [3.63, 3.8) is 0 Å². The number of benzene rings is 1. The SMILES string of the molecule is FC(F)c1ccc(CNC2CCSCC2)cc1. The second-order valence-corrected chi connectivity index (χ2v) is 5.53. The van der Waals surface area contributed by atoms with E-state index in [1.807, 2.05) is 11.8 Å². The molecular formula is C13H17F2NS. The van der Waals surface area contributed by atoms with Crippen molar-refractivity contribution in [3.05, 3.63) is 35.4 Å². The maximum absolute atomic E-state index is 12.4. The summed E-state index contributed by atoms with van der Waals surface area (Å²) in [7, 11) is 0. The largest absolute Gasteiger partial charge is 0.310 e. The highest BCUT2D eigenvalue weighted by Gasteiger charge is 2.12. The number of alkyl halides is 2. The first-order valence-corrected chi connectivity index (χ1v) is 7.09. The molecule has 4 heteroatoms. The molecule has 0 bridgehead atoms. The molecule has 1 aliphatic rings. The van der Waals surface area contributed by atoms with E-state index in [-0.39, 0.29) is 5.56 Å². The van der Waals surface area contributed by atoms with Gasteiger partial charge in [0.1, 0.15) is 0 Å². The summed E-state index contributed by atoms with van der Waals surface area (Å²) in [5.41, 5.74) is 1.18. The Morgan fingerprint density at radius 3 is 2.41 bits per heavy atom. The highest BCUT2D eigenvalue weighted by atomic mass is 32.2. The number of halogens is 2. The summed E-state index contributed by atoms with van der Waals surface area (Å²) in [5.74, 6) is 2.45. The smallest absolute Gasteiger partial charge is 0.263 e. The molecule has 1 aromatic rings. The molecule has 1 heterocycles. The van der Waals surface area contributed by atoms with Crippen LogP contribution in [-0.2, 0) is 6.54 Å². The fraction of sp³-hybridized carbons (Fsp3) is 0.538. The van der Waals surface area contributed by atoms with Crippen LogP contribution in [0.2, 0.25) is 0 Å². The van der Waals surface area contributed by atoms with Gasteiger partial charge in [-0.3, -0.25) is 0 Å². The van der Waals surface area contributed by atoms with Gasteiger partial charge in [0.25, 0.3) is 6.43 Å². The van der Waals surface area contributed by atoms with Gasteiger partial charge in [0, 0.05) is 18.2 Å². The summed E-state index contributed by atoms with van der Waals surface area (Å²) in [6, 6.07) is 7.18. The molecule has 0 unspecified atom stereocenters. The molecule has 0 amide bonds. The van der Waals surface area contributed by atoms with Gasteiger partial charge in [-0.05, 0) is 29.9 Å². The standard InChI is InChI=1S/C13H17F2NS/c14-13(15)11-3-1-10(2-4-11)9-16-12-5-7-17-8-6-12/h1-4,12-13,16H,5-9H2. The van der Waals surface area contributed by atoms with Gasteiger partial charge in [0.2, 0.25) is 0 Å². The van der Waals surface area contributed by atoms with E-state index >= 15 is 0 Å². The van der Waals surface area contributed by atoms with E-state index in [4.69, 9.17) is 0 Å². The van der Waals surface area contributed by atoms with Crippen LogP contribution in [0.3, 0.4) is 0 Å². The molecular weight excluding hydrogens is 240 g/mol. The van der Waals surface area contributed by atoms with Crippen LogP contribution in [0.15, 0.2) is 24.3 Å². The van der Waals surface area contributed by atoms with Crippen molar-refractivity contribution in [1.29, 1.82) is 0 Å². The maximum Gasteiger partial charge on any atom is 0.263 e. The Morgan fingerprint density at radius 1 is 1.18 bits per heavy atom. The molecule has 1 fully saturated rings. The molecule has 17 heavy (non-hydrogen) atoms. The van der Waals surface area contributed by atoms with Crippen molar-refractivity contribution in [2.24, 2.45) is 0 Å². The quantitative estimate of drug-likeness (QED) is 0.884. The first-order chi connectivity index (χ1) is 8.25. The number of rotatable bonds is 4. The Bertz CT molecular complexity index is 334. The van der Waals surface area contributed by atoms with Crippen molar-refractivity contribution in [2.45, 2.75) is 31.9 Å². The number of hydrogen-bond donors (Lipinski definition) is 1. The van der Waals surface area contributed by atoms with Crippen molar-refractivity contribution in [3.8, 4) is 0 Å². The molecule has 1 aromatic carbocycles. The van der Waals surface area contributed by atoms with Crippen LogP contribution < -0.4 is 5.32 Å². The molecule has 1 N–H and O–H groups in total. The molecule has 0 radical (unpaired) electrons. The molecule has 0 aliphatic carbocycles. The van der Waals surface area contributed by atoms with Crippen LogP contribution in [0, 0.1) is 0 Å². The van der Waals surface area contributed by atoms with Crippen LogP contribution in [0.1, 0.15) is 30.4 Å². The lowest BCUT2D eigenvalue weighted by Gasteiger charge is -2.22. The van der Waals surface area contributed by atoms with Crippen LogP contribution in [0.4, 0.5) is 8.78 Å². The monoisotopic (exact) mass is 257 g/mol.